The summed E-state index contributed by atoms with van der Waals surface area (Å²) >= 11 is 7.16. The summed E-state index contributed by atoms with van der Waals surface area (Å²) in [5, 5.41) is 6.53. The van der Waals surface area contributed by atoms with E-state index in [0.29, 0.717) is 0 Å². The lowest BCUT2D eigenvalue weighted by molar-refractivity contribution is 0.644. The van der Waals surface area contributed by atoms with E-state index in [0.717, 1.165) is 22.3 Å². The van der Waals surface area contributed by atoms with Gasteiger partial charge in [-0.1, -0.05) is 0 Å². The maximum atomic E-state index is 6.35. The Bertz CT molecular complexity index is 697. The van der Waals surface area contributed by atoms with Gasteiger partial charge in [0, 0.05) is 33.8 Å². The van der Waals surface area contributed by atoms with E-state index >= 15 is 0 Å². The predicted molar refractivity (Wildman–Crippen MR) is 86.0 cm³/mol. The van der Waals surface area contributed by atoms with Crippen molar-refractivity contribution in [2.45, 2.75) is 19.4 Å². The molecule has 0 aromatic carbocycles. The highest BCUT2D eigenvalue weighted by Crippen LogP contribution is 2.34. The molecule has 1 atom stereocenters. The topological polar surface area (TPSA) is 43.8 Å². The summed E-state index contributed by atoms with van der Waals surface area (Å²) < 4.78 is 5.64. The quantitative estimate of drug-likeness (QED) is 0.771. The Kier molecular flexibility index (Phi) is 3.51. The molecule has 0 spiro atoms. The van der Waals surface area contributed by atoms with Gasteiger partial charge in [0.15, 0.2) is 0 Å². The summed E-state index contributed by atoms with van der Waals surface area (Å²) in [6.07, 6.45) is 0.797. The van der Waals surface area contributed by atoms with Crippen molar-refractivity contribution >= 4 is 48.0 Å². The molecule has 0 saturated heterocycles. The number of hydrogen-bond acceptors (Lipinski definition) is 4. The normalized spacial score (nSPS) is 13.3. The van der Waals surface area contributed by atoms with Gasteiger partial charge in [0.1, 0.15) is 0 Å². The molecule has 0 aliphatic heterocycles. The zero-order valence-corrected chi connectivity index (χ0v) is 13.9. The van der Waals surface area contributed by atoms with Crippen LogP contribution in [0, 0.1) is 6.92 Å². The van der Waals surface area contributed by atoms with Crippen molar-refractivity contribution in [1.82, 2.24) is 9.78 Å². The van der Waals surface area contributed by atoms with Crippen molar-refractivity contribution in [3.63, 3.8) is 0 Å². The molecular weight excluding hydrogens is 342 g/mol. The molecule has 100 valence electrons. The zero-order valence-electron chi connectivity index (χ0n) is 10.7. The Balaban J connectivity index is 1.88. The van der Waals surface area contributed by atoms with E-state index in [4.69, 9.17) is 5.73 Å². The molecule has 6 heteroatoms. The van der Waals surface area contributed by atoms with Gasteiger partial charge in [-0.15, -0.1) is 22.7 Å². The summed E-state index contributed by atoms with van der Waals surface area (Å²) in [7, 11) is 1.97. The molecule has 2 N–H and O–H groups in total. The van der Waals surface area contributed by atoms with E-state index in [2.05, 4.69) is 38.5 Å². The molecule has 3 nitrogen and oxygen atoms in total. The van der Waals surface area contributed by atoms with Gasteiger partial charge in [-0.05, 0) is 40.4 Å². The maximum Gasteiger partial charge on any atom is 0.0738 e. The first-order chi connectivity index (χ1) is 9.06. The molecule has 0 bridgehead atoms. The minimum Gasteiger partial charge on any atom is -0.323 e. The lowest BCUT2D eigenvalue weighted by Gasteiger charge is -2.10. The Morgan fingerprint density at radius 2 is 2.26 bits per heavy atom. The van der Waals surface area contributed by atoms with Crippen LogP contribution in [0.3, 0.4) is 0 Å². The molecule has 0 saturated carbocycles. The van der Waals surface area contributed by atoms with E-state index < -0.39 is 0 Å². The van der Waals surface area contributed by atoms with E-state index in [1.807, 2.05) is 18.7 Å². The first-order valence-corrected chi connectivity index (χ1v) is 8.45. The number of rotatable bonds is 3. The van der Waals surface area contributed by atoms with Crippen LogP contribution < -0.4 is 5.73 Å². The number of fused-ring (bicyclic) bond motifs is 1. The molecule has 0 amide bonds. The van der Waals surface area contributed by atoms with Gasteiger partial charge >= 0.3 is 0 Å². The average Bonchev–Trinajstić information content (AvgIpc) is 2.99. The summed E-state index contributed by atoms with van der Waals surface area (Å²) in [6, 6.07) is 4.40. The second-order valence-electron chi connectivity index (χ2n) is 4.58. The second kappa shape index (κ2) is 5.01. The molecule has 0 aliphatic carbocycles. The first-order valence-electron chi connectivity index (χ1n) is 5.96. The fourth-order valence-electron chi connectivity index (χ4n) is 2.18. The van der Waals surface area contributed by atoms with Gasteiger partial charge in [0.05, 0.1) is 15.9 Å². The molecule has 0 aliphatic rings. The van der Waals surface area contributed by atoms with E-state index in [-0.39, 0.29) is 6.04 Å². The fourth-order valence-corrected chi connectivity index (χ4v) is 4.80. The lowest BCUT2D eigenvalue weighted by Crippen LogP contribution is -2.14. The smallest absolute Gasteiger partial charge is 0.0738 e. The summed E-state index contributed by atoms with van der Waals surface area (Å²) in [4.78, 5) is 1.24. The van der Waals surface area contributed by atoms with Crippen molar-refractivity contribution < 1.29 is 0 Å². The van der Waals surface area contributed by atoms with E-state index in [1.165, 1.54) is 14.3 Å². The van der Waals surface area contributed by atoms with Crippen molar-refractivity contribution in [3.05, 3.63) is 38.3 Å². The Morgan fingerprint density at radius 1 is 1.47 bits per heavy atom. The Labute approximate surface area is 128 Å². The molecule has 3 aromatic rings. The minimum atomic E-state index is 0.0238. The highest BCUT2D eigenvalue weighted by molar-refractivity contribution is 9.10. The minimum absolute atomic E-state index is 0.0238. The number of aryl methyl sites for hydroxylation is 2. The van der Waals surface area contributed by atoms with Crippen molar-refractivity contribution in [2.75, 3.05) is 0 Å². The van der Waals surface area contributed by atoms with Gasteiger partial charge in [-0.25, -0.2) is 0 Å². The monoisotopic (exact) mass is 355 g/mol. The number of nitrogens with two attached hydrogens (primary N) is 1. The third-order valence-electron chi connectivity index (χ3n) is 3.20. The van der Waals surface area contributed by atoms with Crippen LogP contribution in [0.5, 0.6) is 0 Å². The van der Waals surface area contributed by atoms with Crippen molar-refractivity contribution in [2.24, 2.45) is 12.8 Å². The summed E-state index contributed by atoms with van der Waals surface area (Å²) in [6.45, 7) is 2.00. The van der Waals surface area contributed by atoms with Crippen molar-refractivity contribution in [3.8, 4) is 0 Å². The van der Waals surface area contributed by atoms with Crippen LogP contribution in [0.4, 0.5) is 0 Å². The van der Waals surface area contributed by atoms with E-state index in [9.17, 15) is 0 Å². The van der Waals surface area contributed by atoms with Crippen molar-refractivity contribution in [1.29, 1.82) is 0 Å². The Hall–Kier alpha value is -0.690. The van der Waals surface area contributed by atoms with Gasteiger partial charge in [0.2, 0.25) is 0 Å². The highest BCUT2D eigenvalue weighted by Gasteiger charge is 2.17. The third kappa shape index (κ3) is 2.38. The number of aromatic nitrogens is 2. The average molecular weight is 356 g/mol. The number of hydrogen-bond donors (Lipinski definition) is 1. The number of thiophene rings is 2. The van der Waals surface area contributed by atoms with Crippen LogP contribution in [-0.2, 0) is 13.5 Å². The molecule has 19 heavy (non-hydrogen) atoms. The fraction of sp³-hybridized carbons (Fsp3) is 0.308. The van der Waals surface area contributed by atoms with Crippen LogP contribution in [0.15, 0.2) is 22.0 Å². The molecule has 1 unspecified atom stereocenters. The SMILES string of the molecule is Cc1nn(C)c(CC(N)c2cc3sccc3s2)c1Br. The summed E-state index contributed by atoms with van der Waals surface area (Å²) in [5.41, 5.74) is 8.52. The zero-order chi connectivity index (χ0) is 13.6. The highest BCUT2D eigenvalue weighted by atomic mass is 79.9. The molecular formula is C13H14BrN3S2. The molecule has 3 aromatic heterocycles. The molecule has 3 rings (SSSR count). The van der Waals surface area contributed by atoms with Crippen LogP contribution in [0.1, 0.15) is 22.3 Å². The predicted octanol–water partition coefficient (Wildman–Crippen LogP) is 4.01. The van der Waals surface area contributed by atoms with Gasteiger partial charge < -0.3 is 5.73 Å². The van der Waals surface area contributed by atoms with Gasteiger partial charge in [0.25, 0.3) is 0 Å². The molecule has 0 radical (unpaired) electrons. The first kappa shape index (κ1) is 13.3. The number of halogens is 1. The lowest BCUT2D eigenvalue weighted by atomic mass is 10.1. The number of nitrogens with zero attached hydrogens (tertiary/aromatic N) is 2. The standard InChI is InChI=1S/C13H14BrN3S2/c1-7-13(14)9(17(2)16-7)5-8(15)11-6-12-10(19-11)3-4-18-12/h3-4,6,8H,5,15H2,1-2H3. The molecule has 0 fully saturated rings. The van der Waals surface area contributed by atoms with Gasteiger partial charge in [-0.3, -0.25) is 4.68 Å². The van der Waals surface area contributed by atoms with Crippen LogP contribution >= 0.6 is 38.6 Å². The largest absolute Gasteiger partial charge is 0.323 e. The van der Waals surface area contributed by atoms with Crippen LogP contribution in [0.2, 0.25) is 0 Å². The maximum absolute atomic E-state index is 6.35. The van der Waals surface area contributed by atoms with Crippen LogP contribution in [0.25, 0.3) is 9.40 Å². The molecule has 3 heterocycles. The second-order valence-corrected chi connectivity index (χ2v) is 7.43. The van der Waals surface area contributed by atoms with E-state index in [1.54, 1.807) is 22.7 Å². The third-order valence-corrected chi connectivity index (χ3v) is 6.46. The summed E-state index contributed by atoms with van der Waals surface area (Å²) in [5.74, 6) is 0. The van der Waals surface area contributed by atoms with Gasteiger partial charge in [-0.2, -0.15) is 5.10 Å². The van der Waals surface area contributed by atoms with Crippen LogP contribution in [-0.4, -0.2) is 9.78 Å². The Morgan fingerprint density at radius 3 is 2.89 bits per heavy atom.